The van der Waals surface area contributed by atoms with Crippen LogP contribution in [-0.4, -0.2) is 15.1 Å². The monoisotopic (exact) mass is 236 g/mol. The lowest BCUT2D eigenvalue weighted by molar-refractivity contribution is -0.384. The molecule has 0 saturated carbocycles. The molecule has 88 valence electrons. The van der Waals surface area contributed by atoms with E-state index in [1.165, 1.54) is 18.2 Å². The quantitative estimate of drug-likeness (QED) is 0.628. The minimum absolute atomic E-state index is 0.118. The summed E-state index contributed by atoms with van der Waals surface area (Å²) in [6, 6.07) is 5.41. The summed E-state index contributed by atoms with van der Waals surface area (Å²) < 4.78 is 13.4. The summed E-state index contributed by atoms with van der Waals surface area (Å²) in [7, 11) is 0. The van der Waals surface area contributed by atoms with Crippen molar-refractivity contribution in [3.8, 4) is 0 Å². The van der Waals surface area contributed by atoms with Crippen LogP contribution in [0.5, 0.6) is 0 Å². The maximum Gasteiger partial charge on any atom is 0.295 e. The first-order valence-electron chi connectivity index (χ1n) is 4.83. The summed E-state index contributed by atoms with van der Waals surface area (Å²) in [4.78, 5) is 10.1. The average molecular weight is 236 g/mol. The molecule has 17 heavy (non-hydrogen) atoms. The van der Waals surface area contributed by atoms with Gasteiger partial charge >= 0.3 is 0 Å². The third kappa shape index (κ3) is 2.39. The summed E-state index contributed by atoms with van der Waals surface area (Å²) >= 11 is 0. The lowest BCUT2D eigenvalue weighted by Gasteiger charge is -2.06. The van der Waals surface area contributed by atoms with Crippen molar-refractivity contribution in [3.63, 3.8) is 0 Å². The lowest BCUT2D eigenvalue weighted by atomic mass is 10.2. The Morgan fingerprint density at radius 3 is 2.94 bits per heavy atom. The number of hydrogen-bond donors (Lipinski definition) is 2. The molecular weight excluding hydrogens is 227 g/mol. The molecule has 2 rings (SSSR count). The maximum absolute atomic E-state index is 13.4. The van der Waals surface area contributed by atoms with E-state index in [0.717, 1.165) is 0 Å². The van der Waals surface area contributed by atoms with Crippen LogP contribution >= 0.6 is 0 Å². The predicted molar refractivity (Wildman–Crippen MR) is 59.0 cm³/mol. The van der Waals surface area contributed by atoms with Gasteiger partial charge in [0.05, 0.1) is 17.2 Å². The van der Waals surface area contributed by atoms with E-state index in [1.54, 1.807) is 12.3 Å². The summed E-state index contributed by atoms with van der Waals surface area (Å²) in [6.45, 7) is 0.238. The number of para-hydroxylation sites is 1. The highest BCUT2D eigenvalue weighted by atomic mass is 19.1. The number of nitrogens with one attached hydrogen (secondary N) is 2. The van der Waals surface area contributed by atoms with E-state index in [9.17, 15) is 14.5 Å². The van der Waals surface area contributed by atoms with Crippen LogP contribution < -0.4 is 5.32 Å². The van der Waals surface area contributed by atoms with Crippen molar-refractivity contribution in [2.24, 2.45) is 0 Å². The minimum atomic E-state index is -0.654. The fourth-order valence-corrected chi connectivity index (χ4v) is 1.41. The van der Waals surface area contributed by atoms with Gasteiger partial charge in [-0.05, 0) is 12.1 Å². The molecule has 7 heteroatoms. The summed E-state index contributed by atoms with van der Waals surface area (Å²) in [5, 5.41) is 19.8. The van der Waals surface area contributed by atoms with Crippen molar-refractivity contribution < 1.29 is 9.31 Å². The largest absolute Gasteiger partial charge is 0.371 e. The molecule has 0 unspecified atom stereocenters. The van der Waals surface area contributed by atoms with Crippen molar-refractivity contribution in [1.82, 2.24) is 10.2 Å². The maximum atomic E-state index is 13.4. The molecule has 0 spiro atoms. The first-order chi connectivity index (χ1) is 8.18. The van der Waals surface area contributed by atoms with Gasteiger partial charge in [0.1, 0.15) is 5.69 Å². The number of anilines is 1. The van der Waals surface area contributed by atoms with Crippen LogP contribution in [0.1, 0.15) is 5.69 Å². The van der Waals surface area contributed by atoms with E-state index in [-0.39, 0.29) is 17.9 Å². The highest BCUT2D eigenvalue weighted by molar-refractivity contribution is 5.62. The molecule has 2 N–H and O–H groups in total. The standard InChI is InChI=1S/C10H9FN4O2/c11-8-2-1-3-9(15(16)17)10(8)12-6-7-4-5-13-14-7/h1-5,12H,6H2,(H,13,14). The Balaban J connectivity index is 2.22. The fraction of sp³-hybridized carbons (Fsp3) is 0.100. The van der Waals surface area contributed by atoms with E-state index in [4.69, 9.17) is 0 Å². The van der Waals surface area contributed by atoms with Crippen LogP contribution in [0.3, 0.4) is 0 Å². The number of halogens is 1. The van der Waals surface area contributed by atoms with E-state index in [0.29, 0.717) is 5.69 Å². The zero-order valence-corrected chi connectivity index (χ0v) is 8.68. The molecule has 1 aromatic carbocycles. The zero-order chi connectivity index (χ0) is 12.3. The number of hydrogen-bond acceptors (Lipinski definition) is 4. The van der Waals surface area contributed by atoms with Crippen molar-refractivity contribution >= 4 is 11.4 Å². The van der Waals surface area contributed by atoms with Gasteiger partial charge in [0.25, 0.3) is 5.69 Å². The molecule has 1 heterocycles. The molecule has 0 saturated heterocycles. The molecule has 0 fully saturated rings. The Labute approximate surface area is 95.6 Å². The topological polar surface area (TPSA) is 83.8 Å². The highest BCUT2D eigenvalue weighted by Crippen LogP contribution is 2.27. The SMILES string of the molecule is O=[N+]([O-])c1cccc(F)c1NCc1ccn[nH]1. The van der Waals surface area contributed by atoms with Gasteiger partial charge < -0.3 is 5.32 Å². The summed E-state index contributed by atoms with van der Waals surface area (Å²) in [5.74, 6) is -0.654. The molecule has 0 aliphatic heterocycles. The third-order valence-corrected chi connectivity index (χ3v) is 2.20. The molecule has 2 aromatic rings. The minimum Gasteiger partial charge on any atom is -0.371 e. The first-order valence-corrected chi connectivity index (χ1v) is 4.83. The van der Waals surface area contributed by atoms with Crippen molar-refractivity contribution in [2.75, 3.05) is 5.32 Å². The summed E-state index contributed by atoms with van der Waals surface area (Å²) in [6.07, 6.45) is 1.55. The number of aromatic amines is 1. The van der Waals surface area contributed by atoms with E-state index in [2.05, 4.69) is 15.5 Å². The number of nitro benzene ring substituents is 1. The number of rotatable bonds is 4. The van der Waals surface area contributed by atoms with Crippen molar-refractivity contribution in [3.05, 3.63) is 52.1 Å². The van der Waals surface area contributed by atoms with Gasteiger partial charge in [0, 0.05) is 12.3 Å². The average Bonchev–Trinajstić information content (AvgIpc) is 2.80. The van der Waals surface area contributed by atoms with E-state index >= 15 is 0 Å². The van der Waals surface area contributed by atoms with Crippen LogP contribution in [-0.2, 0) is 6.54 Å². The molecule has 0 bridgehead atoms. The van der Waals surface area contributed by atoms with E-state index in [1.807, 2.05) is 0 Å². The third-order valence-electron chi connectivity index (χ3n) is 2.20. The van der Waals surface area contributed by atoms with Crippen LogP contribution in [0, 0.1) is 15.9 Å². The van der Waals surface area contributed by atoms with Crippen molar-refractivity contribution in [1.29, 1.82) is 0 Å². The number of benzene rings is 1. The fourth-order valence-electron chi connectivity index (χ4n) is 1.41. The lowest BCUT2D eigenvalue weighted by Crippen LogP contribution is -2.05. The number of H-pyrrole nitrogens is 1. The van der Waals surface area contributed by atoms with E-state index < -0.39 is 10.7 Å². The number of aromatic nitrogens is 2. The van der Waals surface area contributed by atoms with Gasteiger partial charge in [-0.3, -0.25) is 15.2 Å². The molecule has 0 amide bonds. The van der Waals surface area contributed by atoms with Crippen molar-refractivity contribution in [2.45, 2.75) is 6.54 Å². The van der Waals surface area contributed by atoms with Gasteiger partial charge in [0.15, 0.2) is 5.82 Å². The van der Waals surface area contributed by atoms with Crippen LogP contribution in [0.2, 0.25) is 0 Å². The second kappa shape index (κ2) is 4.60. The Morgan fingerprint density at radius 2 is 2.29 bits per heavy atom. The van der Waals surface area contributed by atoms with Gasteiger partial charge in [-0.2, -0.15) is 5.10 Å². The number of nitrogens with zero attached hydrogens (tertiary/aromatic N) is 2. The second-order valence-corrected chi connectivity index (χ2v) is 3.33. The smallest absolute Gasteiger partial charge is 0.295 e. The molecule has 0 aliphatic carbocycles. The number of nitro groups is 1. The molecule has 6 nitrogen and oxygen atoms in total. The molecule has 0 radical (unpaired) electrons. The molecule has 1 aromatic heterocycles. The van der Waals surface area contributed by atoms with Gasteiger partial charge in [-0.1, -0.05) is 6.07 Å². The zero-order valence-electron chi connectivity index (χ0n) is 8.68. The van der Waals surface area contributed by atoms with Gasteiger partial charge in [-0.25, -0.2) is 4.39 Å². The van der Waals surface area contributed by atoms with Crippen LogP contribution in [0.25, 0.3) is 0 Å². The predicted octanol–water partition coefficient (Wildman–Crippen LogP) is 2.07. The molecular formula is C10H9FN4O2. The van der Waals surface area contributed by atoms with Gasteiger partial charge in [0.2, 0.25) is 0 Å². The Morgan fingerprint density at radius 1 is 1.47 bits per heavy atom. The first kappa shape index (κ1) is 11.1. The van der Waals surface area contributed by atoms with Crippen LogP contribution in [0.4, 0.5) is 15.8 Å². The Kier molecular flexibility index (Phi) is 2.99. The highest BCUT2D eigenvalue weighted by Gasteiger charge is 2.17. The second-order valence-electron chi connectivity index (χ2n) is 3.33. The Hall–Kier alpha value is -2.44. The van der Waals surface area contributed by atoms with Gasteiger partial charge in [-0.15, -0.1) is 0 Å². The molecule has 0 atom stereocenters. The normalized spacial score (nSPS) is 10.2. The Bertz CT molecular complexity index is 527. The molecule has 0 aliphatic rings. The van der Waals surface area contributed by atoms with Crippen LogP contribution in [0.15, 0.2) is 30.5 Å². The summed E-state index contributed by atoms with van der Waals surface area (Å²) in [5.41, 5.74) is 0.305.